The molecule has 0 aromatic heterocycles. The molecule has 2 fully saturated rings. The molecule has 2 aliphatic rings. The highest BCUT2D eigenvalue weighted by Crippen LogP contribution is 2.38. The highest BCUT2D eigenvalue weighted by Gasteiger charge is 2.36. The Morgan fingerprint density at radius 1 is 1.26 bits per heavy atom. The van der Waals surface area contributed by atoms with Crippen LogP contribution in [0.3, 0.4) is 0 Å². The van der Waals surface area contributed by atoms with Crippen LogP contribution in [-0.4, -0.2) is 42.5 Å². The van der Waals surface area contributed by atoms with Gasteiger partial charge in [-0.1, -0.05) is 30.3 Å². The number of carbonyl (C=O) groups is 1. The number of amides is 2. The monoisotopic (exact) mass is 318 g/mol. The summed E-state index contributed by atoms with van der Waals surface area (Å²) >= 11 is 0. The Labute approximate surface area is 137 Å². The first-order valence-corrected chi connectivity index (χ1v) is 8.58. The molecule has 0 spiro atoms. The van der Waals surface area contributed by atoms with E-state index in [1.807, 2.05) is 30.3 Å². The molecule has 5 heteroatoms. The normalized spacial score (nSPS) is 25.6. The third-order valence-electron chi connectivity index (χ3n) is 4.68. The molecule has 0 unspecified atom stereocenters. The average Bonchev–Trinajstić information content (AvgIpc) is 3.40. The molecule has 5 nitrogen and oxygen atoms in total. The number of aliphatic hydroxyl groups excluding tert-OH is 1. The highest BCUT2D eigenvalue weighted by molar-refractivity contribution is 5.74. The van der Waals surface area contributed by atoms with Gasteiger partial charge in [0.1, 0.15) is 0 Å². The number of benzene rings is 1. The zero-order chi connectivity index (χ0) is 16.1. The third kappa shape index (κ3) is 4.94. The summed E-state index contributed by atoms with van der Waals surface area (Å²) in [6, 6.07) is 9.60. The minimum atomic E-state index is -0.267. The largest absolute Gasteiger partial charge is 0.394 e. The summed E-state index contributed by atoms with van der Waals surface area (Å²) in [5.41, 5.74) is 1.10. The van der Waals surface area contributed by atoms with Crippen LogP contribution in [0, 0.1) is 5.92 Å². The van der Waals surface area contributed by atoms with Crippen molar-refractivity contribution in [3.05, 3.63) is 35.9 Å². The van der Waals surface area contributed by atoms with Crippen molar-refractivity contribution in [2.45, 2.75) is 50.3 Å². The van der Waals surface area contributed by atoms with Crippen LogP contribution in [0.1, 0.15) is 31.2 Å². The van der Waals surface area contributed by atoms with Crippen molar-refractivity contribution in [1.82, 2.24) is 10.6 Å². The summed E-state index contributed by atoms with van der Waals surface area (Å²) in [6.07, 6.45) is 5.22. The van der Waals surface area contributed by atoms with E-state index in [0.717, 1.165) is 25.0 Å². The maximum Gasteiger partial charge on any atom is 0.315 e. The van der Waals surface area contributed by atoms with E-state index in [-0.39, 0.29) is 24.7 Å². The van der Waals surface area contributed by atoms with Crippen LogP contribution in [0.25, 0.3) is 0 Å². The molecule has 0 bridgehead atoms. The SMILES string of the molecule is O=C(N[C@H](CO)Cc1ccccc1)N[C@H]1CCO[C@H](C2CC2)C1. The van der Waals surface area contributed by atoms with Gasteiger partial charge in [0, 0.05) is 12.6 Å². The fraction of sp³-hybridized carbons (Fsp3) is 0.611. The standard InChI is InChI=1S/C18H26N2O3/c21-12-16(10-13-4-2-1-3-5-13)20-18(22)19-15-8-9-23-17(11-15)14-6-7-14/h1-5,14-17,21H,6-12H2,(H2,19,20,22)/t15-,16-,17-/m0/s1. The van der Waals surface area contributed by atoms with Gasteiger partial charge in [0.05, 0.1) is 18.8 Å². The molecular weight excluding hydrogens is 292 g/mol. The van der Waals surface area contributed by atoms with Gasteiger partial charge in [0.15, 0.2) is 0 Å². The Bertz CT molecular complexity index is 504. The number of rotatable bonds is 6. The van der Waals surface area contributed by atoms with Gasteiger partial charge in [-0.3, -0.25) is 0 Å². The van der Waals surface area contributed by atoms with Gasteiger partial charge < -0.3 is 20.5 Å². The summed E-state index contributed by atoms with van der Waals surface area (Å²) in [5.74, 6) is 0.700. The number of hydrogen-bond donors (Lipinski definition) is 3. The number of ether oxygens (including phenoxy) is 1. The fourth-order valence-electron chi connectivity index (χ4n) is 3.23. The number of nitrogens with one attached hydrogen (secondary N) is 2. The maximum atomic E-state index is 12.2. The van der Waals surface area contributed by atoms with Crippen LogP contribution >= 0.6 is 0 Å². The maximum absolute atomic E-state index is 12.2. The van der Waals surface area contributed by atoms with E-state index in [0.29, 0.717) is 18.4 Å². The van der Waals surface area contributed by atoms with E-state index in [1.165, 1.54) is 12.8 Å². The summed E-state index contributed by atoms with van der Waals surface area (Å²) in [5, 5.41) is 15.4. The van der Waals surface area contributed by atoms with Gasteiger partial charge >= 0.3 is 6.03 Å². The number of carbonyl (C=O) groups excluding carboxylic acids is 1. The molecule has 2 amide bonds. The lowest BCUT2D eigenvalue weighted by atomic mass is 10.0. The minimum absolute atomic E-state index is 0.0687. The average molecular weight is 318 g/mol. The van der Waals surface area contributed by atoms with Gasteiger partial charge in [-0.2, -0.15) is 0 Å². The molecule has 3 atom stereocenters. The topological polar surface area (TPSA) is 70.6 Å². The quantitative estimate of drug-likeness (QED) is 0.749. The predicted octanol–water partition coefficient (Wildman–Crippen LogP) is 1.85. The molecule has 1 aromatic carbocycles. The zero-order valence-corrected chi connectivity index (χ0v) is 13.4. The number of hydrogen-bond acceptors (Lipinski definition) is 3. The van der Waals surface area contributed by atoms with Crippen molar-refractivity contribution in [2.75, 3.05) is 13.2 Å². The smallest absolute Gasteiger partial charge is 0.315 e. The van der Waals surface area contributed by atoms with Crippen molar-refractivity contribution >= 4 is 6.03 Å². The van der Waals surface area contributed by atoms with E-state index >= 15 is 0 Å². The predicted molar refractivity (Wildman–Crippen MR) is 88.2 cm³/mol. The van der Waals surface area contributed by atoms with E-state index in [9.17, 15) is 9.90 Å². The minimum Gasteiger partial charge on any atom is -0.394 e. The Morgan fingerprint density at radius 3 is 2.74 bits per heavy atom. The van der Waals surface area contributed by atoms with Crippen LogP contribution in [0.4, 0.5) is 4.79 Å². The molecule has 1 saturated heterocycles. The lowest BCUT2D eigenvalue weighted by Gasteiger charge is -2.30. The van der Waals surface area contributed by atoms with Crippen molar-refractivity contribution in [1.29, 1.82) is 0 Å². The number of urea groups is 1. The molecule has 126 valence electrons. The molecule has 1 aliphatic carbocycles. The molecule has 3 rings (SSSR count). The summed E-state index contributed by atoms with van der Waals surface area (Å²) in [7, 11) is 0. The van der Waals surface area contributed by atoms with Crippen LogP contribution in [0.2, 0.25) is 0 Å². The Kier molecular flexibility index (Phi) is 5.51. The first kappa shape index (κ1) is 16.3. The van der Waals surface area contributed by atoms with Crippen molar-refractivity contribution in [3.8, 4) is 0 Å². The third-order valence-corrected chi connectivity index (χ3v) is 4.68. The highest BCUT2D eigenvalue weighted by atomic mass is 16.5. The van der Waals surface area contributed by atoms with Crippen LogP contribution in [0.5, 0.6) is 0 Å². The van der Waals surface area contributed by atoms with E-state index in [4.69, 9.17) is 4.74 Å². The van der Waals surface area contributed by atoms with Crippen molar-refractivity contribution in [2.24, 2.45) is 5.92 Å². The second-order valence-electron chi connectivity index (χ2n) is 6.65. The van der Waals surface area contributed by atoms with Crippen LogP contribution in [0.15, 0.2) is 30.3 Å². The van der Waals surface area contributed by atoms with Crippen LogP contribution < -0.4 is 10.6 Å². The summed E-state index contributed by atoms with van der Waals surface area (Å²) < 4.78 is 5.78. The van der Waals surface area contributed by atoms with Gasteiger partial charge in [-0.25, -0.2) is 4.79 Å². The molecular formula is C18H26N2O3. The first-order valence-electron chi connectivity index (χ1n) is 8.58. The van der Waals surface area contributed by atoms with Gasteiger partial charge in [0.25, 0.3) is 0 Å². The molecule has 0 radical (unpaired) electrons. The lowest BCUT2D eigenvalue weighted by molar-refractivity contribution is -0.00921. The van der Waals surface area contributed by atoms with Crippen molar-refractivity contribution < 1.29 is 14.6 Å². The Morgan fingerprint density at radius 2 is 2.04 bits per heavy atom. The van der Waals surface area contributed by atoms with Gasteiger partial charge in [-0.15, -0.1) is 0 Å². The van der Waals surface area contributed by atoms with E-state index in [2.05, 4.69) is 10.6 Å². The lowest BCUT2D eigenvalue weighted by Crippen LogP contribution is -2.50. The summed E-state index contributed by atoms with van der Waals surface area (Å²) in [6.45, 7) is 0.653. The first-order chi connectivity index (χ1) is 11.2. The molecule has 1 aromatic rings. The number of aliphatic hydroxyl groups is 1. The Hall–Kier alpha value is -1.59. The zero-order valence-electron chi connectivity index (χ0n) is 13.4. The van der Waals surface area contributed by atoms with E-state index < -0.39 is 0 Å². The molecule has 1 saturated carbocycles. The fourth-order valence-corrected chi connectivity index (χ4v) is 3.23. The van der Waals surface area contributed by atoms with Crippen LogP contribution in [-0.2, 0) is 11.2 Å². The molecule has 3 N–H and O–H groups in total. The summed E-state index contributed by atoms with van der Waals surface area (Å²) in [4.78, 5) is 12.2. The molecule has 1 heterocycles. The van der Waals surface area contributed by atoms with Crippen molar-refractivity contribution in [3.63, 3.8) is 0 Å². The Balaban J connectivity index is 1.45. The van der Waals surface area contributed by atoms with E-state index in [1.54, 1.807) is 0 Å². The molecule has 23 heavy (non-hydrogen) atoms. The van der Waals surface area contributed by atoms with Gasteiger partial charge in [0.2, 0.25) is 0 Å². The molecule has 1 aliphatic heterocycles. The van der Waals surface area contributed by atoms with Gasteiger partial charge in [-0.05, 0) is 43.6 Å². The second-order valence-corrected chi connectivity index (χ2v) is 6.65. The second kappa shape index (κ2) is 7.79.